The molecule has 0 radical (unpaired) electrons. The van der Waals surface area contributed by atoms with Gasteiger partial charge in [0.25, 0.3) is 0 Å². The van der Waals surface area contributed by atoms with Gasteiger partial charge in [0.1, 0.15) is 0 Å². The number of aromatic hydroxyl groups is 1. The Balaban J connectivity index is 2.60. The third-order valence-electron chi connectivity index (χ3n) is 3.60. The van der Waals surface area contributed by atoms with Crippen molar-refractivity contribution in [2.24, 2.45) is 0 Å². The van der Waals surface area contributed by atoms with Gasteiger partial charge in [-0.25, -0.2) is 4.79 Å². The molecule has 2 aromatic rings. The summed E-state index contributed by atoms with van der Waals surface area (Å²) in [6, 6.07) is 2.67. The molecular weight excluding hydrogens is 284 g/mol. The summed E-state index contributed by atoms with van der Waals surface area (Å²) >= 11 is 0. The molecule has 0 aliphatic heterocycles. The molecule has 6 heteroatoms. The predicted molar refractivity (Wildman–Crippen MR) is 80.7 cm³/mol. The monoisotopic (exact) mass is 302 g/mol. The molecule has 6 nitrogen and oxygen atoms in total. The minimum Gasteiger partial charge on any atom is -0.504 e. The van der Waals surface area contributed by atoms with Crippen LogP contribution in [-0.4, -0.2) is 33.3 Å². The Hall–Kier alpha value is -2.63. The second kappa shape index (κ2) is 6.01. The van der Waals surface area contributed by atoms with Gasteiger partial charge in [0, 0.05) is 12.0 Å². The summed E-state index contributed by atoms with van der Waals surface area (Å²) in [5.74, 6) is -1.03. The maximum Gasteiger partial charge on any atom is 0.336 e. The van der Waals surface area contributed by atoms with E-state index in [9.17, 15) is 15.0 Å². The maximum atomic E-state index is 11.4. The van der Waals surface area contributed by atoms with Crippen LogP contribution in [0.4, 0.5) is 0 Å². The van der Waals surface area contributed by atoms with Crippen LogP contribution in [0, 0.1) is 20.8 Å². The molecule has 0 unspecified atom stereocenters. The maximum absolute atomic E-state index is 11.4. The number of carboxylic acids is 1. The number of aromatic nitrogens is 2. The highest BCUT2D eigenvalue weighted by molar-refractivity contribution is 5.91. The van der Waals surface area contributed by atoms with Gasteiger partial charge in [-0.3, -0.25) is 9.97 Å². The Morgan fingerprint density at radius 1 is 1.14 bits per heavy atom. The van der Waals surface area contributed by atoms with Crippen molar-refractivity contribution in [3.63, 3.8) is 0 Å². The molecule has 0 atom stereocenters. The van der Waals surface area contributed by atoms with Crippen LogP contribution in [0.15, 0.2) is 12.1 Å². The SMILES string of the molecule is COc1c(O)ccc(C(=O)O)c1Cc1nc(C)c(C)nc1C. The molecule has 0 fully saturated rings. The summed E-state index contributed by atoms with van der Waals surface area (Å²) < 4.78 is 5.17. The largest absolute Gasteiger partial charge is 0.504 e. The third kappa shape index (κ3) is 2.86. The molecule has 0 aliphatic rings. The normalized spacial score (nSPS) is 10.5. The molecule has 1 aromatic carbocycles. The Morgan fingerprint density at radius 2 is 1.77 bits per heavy atom. The van der Waals surface area contributed by atoms with Crippen molar-refractivity contribution in [1.29, 1.82) is 0 Å². The average Bonchev–Trinajstić information content (AvgIpc) is 2.44. The molecular formula is C16H18N2O4. The topological polar surface area (TPSA) is 92.5 Å². The number of methoxy groups -OCH3 is 1. The lowest BCUT2D eigenvalue weighted by Crippen LogP contribution is -2.09. The molecule has 0 spiro atoms. The number of hydrogen-bond donors (Lipinski definition) is 2. The van der Waals surface area contributed by atoms with E-state index in [1.165, 1.54) is 19.2 Å². The zero-order valence-corrected chi connectivity index (χ0v) is 13.0. The smallest absolute Gasteiger partial charge is 0.336 e. The van der Waals surface area contributed by atoms with E-state index in [-0.39, 0.29) is 23.5 Å². The van der Waals surface area contributed by atoms with Gasteiger partial charge in [-0.2, -0.15) is 0 Å². The number of phenolic OH excluding ortho intramolecular Hbond substituents is 1. The van der Waals surface area contributed by atoms with Crippen molar-refractivity contribution in [2.75, 3.05) is 7.11 Å². The van der Waals surface area contributed by atoms with Crippen LogP contribution in [0.2, 0.25) is 0 Å². The molecule has 2 rings (SSSR count). The number of benzene rings is 1. The fourth-order valence-corrected chi connectivity index (χ4v) is 2.32. The highest BCUT2D eigenvalue weighted by Gasteiger charge is 2.20. The number of phenols is 1. The fraction of sp³-hybridized carbons (Fsp3) is 0.312. The van der Waals surface area contributed by atoms with Crippen molar-refractivity contribution in [1.82, 2.24) is 9.97 Å². The van der Waals surface area contributed by atoms with E-state index in [0.29, 0.717) is 11.3 Å². The molecule has 0 aliphatic carbocycles. The quantitative estimate of drug-likeness (QED) is 0.901. The Bertz CT molecular complexity index is 741. The molecule has 116 valence electrons. The summed E-state index contributed by atoms with van der Waals surface area (Å²) in [5, 5.41) is 19.2. The lowest BCUT2D eigenvalue weighted by Gasteiger charge is -2.14. The zero-order chi connectivity index (χ0) is 16.4. The van der Waals surface area contributed by atoms with Crippen LogP contribution in [0.3, 0.4) is 0 Å². The third-order valence-corrected chi connectivity index (χ3v) is 3.60. The minimum atomic E-state index is -1.08. The van der Waals surface area contributed by atoms with Gasteiger partial charge >= 0.3 is 5.97 Å². The van der Waals surface area contributed by atoms with Crippen LogP contribution in [0.1, 0.15) is 38.7 Å². The number of aryl methyl sites for hydroxylation is 3. The molecule has 2 N–H and O–H groups in total. The molecule has 22 heavy (non-hydrogen) atoms. The van der Waals surface area contributed by atoms with Gasteiger partial charge in [-0.15, -0.1) is 0 Å². The highest BCUT2D eigenvalue weighted by Crippen LogP contribution is 2.34. The minimum absolute atomic E-state index is 0.0779. The number of nitrogens with zero attached hydrogens (tertiary/aromatic N) is 2. The Kier molecular flexibility index (Phi) is 4.30. The van der Waals surface area contributed by atoms with E-state index < -0.39 is 5.97 Å². The standard InChI is InChI=1S/C16H18N2O4/c1-8-9(2)18-13(10(3)17-8)7-12-11(16(20)21)5-6-14(19)15(12)22-4/h5-6,19H,7H2,1-4H3,(H,20,21). The Labute approximate surface area is 128 Å². The number of aromatic carboxylic acids is 1. The van der Waals surface area contributed by atoms with Gasteiger partial charge in [-0.05, 0) is 32.9 Å². The van der Waals surface area contributed by atoms with E-state index in [4.69, 9.17) is 4.74 Å². The number of hydrogen-bond acceptors (Lipinski definition) is 5. The summed E-state index contributed by atoms with van der Waals surface area (Å²) in [4.78, 5) is 20.3. The van der Waals surface area contributed by atoms with E-state index in [2.05, 4.69) is 9.97 Å². The fourth-order valence-electron chi connectivity index (χ4n) is 2.32. The molecule has 0 bridgehead atoms. The van der Waals surface area contributed by atoms with E-state index in [1.54, 1.807) is 0 Å². The molecule has 0 saturated carbocycles. The summed E-state index contributed by atoms with van der Waals surface area (Å²) in [6.45, 7) is 5.55. The summed E-state index contributed by atoms with van der Waals surface area (Å²) in [5.41, 5.74) is 3.48. The molecule has 0 saturated heterocycles. The van der Waals surface area contributed by atoms with Gasteiger partial charge in [0.05, 0.1) is 35.4 Å². The number of carbonyl (C=O) groups is 1. The summed E-state index contributed by atoms with van der Waals surface area (Å²) in [6.07, 6.45) is 0.221. The second-order valence-corrected chi connectivity index (χ2v) is 5.05. The number of ether oxygens (including phenoxy) is 1. The lowest BCUT2D eigenvalue weighted by molar-refractivity contribution is 0.0695. The van der Waals surface area contributed by atoms with Gasteiger partial charge < -0.3 is 14.9 Å². The van der Waals surface area contributed by atoms with Crippen molar-refractivity contribution in [2.45, 2.75) is 27.2 Å². The molecule has 1 heterocycles. The molecule has 0 amide bonds. The van der Waals surface area contributed by atoms with Crippen LogP contribution in [-0.2, 0) is 6.42 Å². The van der Waals surface area contributed by atoms with Crippen molar-refractivity contribution < 1.29 is 19.7 Å². The van der Waals surface area contributed by atoms with Crippen molar-refractivity contribution in [3.8, 4) is 11.5 Å². The van der Waals surface area contributed by atoms with E-state index in [1.807, 2.05) is 20.8 Å². The van der Waals surface area contributed by atoms with Gasteiger partial charge in [0.15, 0.2) is 11.5 Å². The van der Waals surface area contributed by atoms with Crippen molar-refractivity contribution in [3.05, 3.63) is 46.0 Å². The zero-order valence-electron chi connectivity index (χ0n) is 13.0. The van der Waals surface area contributed by atoms with E-state index in [0.717, 1.165) is 17.1 Å². The van der Waals surface area contributed by atoms with Crippen LogP contribution in [0.25, 0.3) is 0 Å². The van der Waals surface area contributed by atoms with Crippen LogP contribution >= 0.6 is 0 Å². The predicted octanol–water partition coefficient (Wildman–Crippen LogP) is 2.41. The number of rotatable bonds is 4. The molecule has 1 aromatic heterocycles. The summed E-state index contributed by atoms with van der Waals surface area (Å²) in [7, 11) is 1.39. The second-order valence-electron chi connectivity index (χ2n) is 5.05. The lowest BCUT2D eigenvalue weighted by atomic mass is 9.99. The van der Waals surface area contributed by atoms with Crippen LogP contribution < -0.4 is 4.74 Å². The first-order valence-electron chi connectivity index (χ1n) is 6.78. The van der Waals surface area contributed by atoms with Crippen molar-refractivity contribution >= 4 is 5.97 Å². The van der Waals surface area contributed by atoms with Gasteiger partial charge in [0.2, 0.25) is 0 Å². The first-order chi connectivity index (χ1) is 10.3. The van der Waals surface area contributed by atoms with Crippen LogP contribution in [0.5, 0.6) is 11.5 Å². The Morgan fingerprint density at radius 3 is 2.36 bits per heavy atom. The highest BCUT2D eigenvalue weighted by atomic mass is 16.5. The number of carboxylic acid groups (broad SMARTS) is 1. The average molecular weight is 302 g/mol. The van der Waals surface area contributed by atoms with E-state index >= 15 is 0 Å². The first kappa shape index (κ1) is 15.8. The van der Waals surface area contributed by atoms with Gasteiger partial charge in [-0.1, -0.05) is 0 Å². The first-order valence-corrected chi connectivity index (χ1v) is 6.78.